The molecule has 0 bridgehead atoms. The van der Waals surface area contributed by atoms with E-state index in [9.17, 15) is 0 Å². The van der Waals surface area contributed by atoms with Crippen molar-refractivity contribution in [3.05, 3.63) is 36.8 Å². The molecule has 0 unspecified atom stereocenters. The summed E-state index contributed by atoms with van der Waals surface area (Å²) < 4.78 is 0. The zero-order valence-electron chi connectivity index (χ0n) is 9.03. The van der Waals surface area contributed by atoms with Gasteiger partial charge < -0.3 is 4.90 Å². The van der Waals surface area contributed by atoms with Crippen molar-refractivity contribution in [2.45, 2.75) is 40.0 Å². The first-order valence-corrected chi connectivity index (χ1v) is 5.12. The second kappa shape index (κ2) is 9.11. The highest BCUT2D eigenvalue weighted by molar-refractivity contribution is 4.98. The molecule has 0 saturated heterocycles. The summed E-state index contributed by atoms with van der Waals surface area (Å²) in [6, 6.07) is 0. The van der Waals surface area contributed by atoms with E-state index in [1.807, 2.05) is 0 Å². The molecule has 1 heteroatoms. The van der Waals surface area contributed by atoms with E-state index in [1.165, 1.54) is 0 Å². The maximum absolute atomic E-state index is 2.15. The number of rotatable bonds is 6. The molecule has 0 rings (SSSR count). The van der Waals surface area contributed by atoms with E-state index in [-0.39, 0.29) is 0 Å². The Balaban J connectivity index is 4.10. The fourth-order valence-electron chi connectivity index (χ4n) is 0.830. The molecule has 1 nitrogen and oxygen atoms in total. The number of nitrogens with zero attached hydrogens (tertiary/aromatic N) is 1. The highest BCUT2D eigenvalue weighted by atomic mass is 15.1. The molecule has 0 aliphatic carbocycles. The molecule has 0 atom stereocenters. The highest BCUT2D eigenvalue weighted by Gasteiger charge is 1.84. The molecule has 0 heterocycles. The standard InChI is InChI=1S/C12H21N/c1-4-7-10-13(11-8-5-2)12-9-6-3/h7-12H,4-6H2,1-3H3/b10-7+,11-8+,12-9+. The van der Waals surface area contributed by atoms with Crippen LogP contribution >= 0.6 is 0 Å². The van der Waals surface area contributed by atoms with Crippen molar-refractivity contribution in [1.82, 2.24) is 4.90 Å². The monoisotopic (exact) mass is 179 g/mol. The van der Waals surface area contributed by atoms with E-state index in [1.54, 1.807) is 0 Å². The van der Waals surface area contributed by atoms with Crippen LogP contribution in [0.3, 0.4) is 0 Å². The van der Waals surface area contributed by atoms with Gasteiger partial charge in [0.05, 0.1) is 0 Å². The van der Waals surface area contributed by atoms with E-state index < -0.39 is 0 Å². The summed E-state index contributed by atoms with van der Waals surface area (Å²) in [5.41, 5.74) is 0. The van der Waals surface area contributed by atoms with Crippen LogP contribution in [0, 0.1) is 0 Å². The molecular weight excluding hydrogens is 158 g/mol. The van der Waals surface area contributed by atoms with Crippen LogP contribution < -0.4 is 0 Å². The lowest BCUT2D eigenvalue weighted by Gasteiger charge is -2.08. The average molecular weight is 179 g/mol. The third kappa shape index (κ3) is 7.38. The maximum atomic E-state index is 2.15. The molecule has 0 radical (unpaired) electrons. The Morgan fingerprint density at radius 2 is 1.00 bits per heavy atom. The topological polar surface area (TPSA) is 3.24 Å². The molecule has 0 saturated carbocycles. The summed E-state index contributed by atoms with van der Waals surface area (Å²) in [4.78, 5) is 2.09. The Morgan fingerprint density at radius 1 is 0.692 bits per heavy atom. The Hall–Kier alpha value is -0.980. The zero-order chi connectivity index (χ0) is 9.94. The van der Waals surface area contributed by atoms with Crippen molar-refractivity contribution < 1.29 is 0 Å². The van der Waals surface area contributed by atoms with Gasteiger partial charge in [-0.3, -0.25) is 0 Å². The van der Waals surface area contributed by atoms with Crippen molar-refractivity contribution in [2.24, 2.45) is 0 Å². The molecule has 0 spiro atoms. The van der Waals surface area contributed by atoms with Crippen molar-refractivity contribution >= 4 is 0 Å². The lowest BCUT2D eigenvalue weighted by atomic mass is 10.4. The van der Waals surface area contributed by atoms with Crippen molar-refractivity contribution in [3.8, 4) is 0 Å². The highest BCUT2D eigenvalue weighted by Crippen LogP contribution is 1.97. The van der Waals surface area contributed by atoms with Crippen LogP contribution in [0.25, 0.3) is 0 Å². The molecule has 13 heavy (non-hydrogen) atoms. The van der Waals surface area contributed by atoms with E-state index in [4.69, 9.17) is 0 Å². The molecule has 0 aromatic rings. The van der Waals surface area contributed by atoms with E-state index in [0.717, 1.165) is 19.3 Å². The van der Waals surface area contributed by atoms with Crippen LogP contribution in [0.4, 0.5) is 0 Å². The second-order valence-electron chi connectivity index (χ2n) is 2.83. The van der Waals surface area contributed by atoms with Crippen LogP contribution in [0.5, 0.6) is 0 Å². The summed E-state index contributed by atoms with van der Waals surface area (Å²) in [5, 5.41) is 0. The summed E-state index contributed by atoms with van der Waals surface area (Å²) in [6.07, 6.45) is 16.0. The smallest absolute Gasteiger partial charge is 0.00416 e. The lowest BCUT2D eigenvalue weighted by molar-refractivity contribution is 0.681. The third-order valence-corrected chi connectivity index (χ3v) is 1.54. The zero-order valence-corrected chi connectivity index (χ0v) is 9.03. The first-order valence-electron chi connectivity index (χ1n) is 5.12. The van der Waals surface area contributed by atoms with Gasteiger partial charge in [0.25, 0.3) is 0 Å². The fourth-order valence-corrected chi connectivity index (χ4v) is 0.830. The normalized spacial score (nSPS) is 12.2. The van der Waals surface area contributed by atoms with Gasteiger partial charge in [0.1, 0.15) is 0 Å². The number of allylic oxidation sites excluding steroid dienone is 3. The molecule has 0 aliphatic rings. The quantitative estimate of drug-likeness (QED) is 0.594. The summed E-state index contributed by atoms with van der Waals surface area (Å²) >= 11 is 0. The van der Waals surface area contributed by atoms with Crippen LogP contribution in [-0.4, -0.2) is 4.90 Å². The minimum absolute atomic E-state index is 1.08. The van der Waals surface area contributed by atoms with Gasteiger partial charge in [-0.05, 0) is 19.3 Å². The van der Waals surface area contributed by atoms with Gasteiger partial charge in [-0.25, -0.2) is 0 Å². The summed E-state index contributed by atoms with van der Waals surface area (Å²) in [5.74, 6) is 0. The molecular formula is C12H21N. The van der Waals surface area contributed by atoms with E-state index >= 15 is 0 Å². The van der Waals surface area contributed by atoms with Gasteiger partial charge in [-0.2, -0.15) is 0 Å². The largest absolute Gasteiger partial charge is 0.332 e. The first-order chi connectivity index (χ1) is 6.35. The first kappa shape index (κ1) is 12.0. The average Bonchev–Trinajstić information content (AvgIpc) is 2.17. The van der Waals surface area contributed by atoms with Gasteiger partial charge in [0.2, 0.25) is 0 Å². The van der Waals surface area contributed by atoms with Crippen molar-refractivity contribution in [3.63, 3.8) is 0 Å². The molecule has 0 fully saturated rings. The molecule has 0 aromatic carbocycles. The van der Waals surface area contributed by atoms with Crippen LogP contribution in [0.15, 0.2) is 36.8 Å². The summed E-state index contributed by atoms with van der Waals surface area (Å²) in [7, 11) is 0. The third-order valence-electron chi connectivity index (χ3n) is 1.54. The summed E-state index contributed by atoms with van der Waals surface area (Å²) in [6.45, 7) is 6.42. The second-order valence-corrected chi connectivity index (χ2v) is 2.83. The number of hydrogen-bond donors (Lipinski definition) is 0. The lowest BCUT2D eigenvalue weighted by Crippen LogP contribution is -1.98. The SMILES string of the molecule is CC/C=C/N(/C=C/CC)/C=C/CC. The predicted molar refractivity (Wildman–Crippen MR) is 60.1 cm³/mol. The Kier molecular flexibility index (Phi) is 8.42. The fraction of sp³-hybridized carbons (Fsp3) is 0.500. The van der Waals surface area contributed by atoms with Crippen LogP contribution in [0.2, 0.25) is 0 Å². The van der Waals surface area contributed by atoms with Crippen molar-refractivity contribution in [2.75, 3.05) is 0 Å². The van der Waals surface area contributed by atoms with Gasteiger partial charge in [0.15, 0.2) is 0 Å². The van der Waals surface area contributed by atoms with Gasteiger partial charge in [0, 0.05) is 18.6 Å². The van der Waals surface area contributed by atoms with Crippen molar-refractivity contribution in [1.29, 1.82) is 0 Å². The molecule has 0 N–H and O–H groups in total. The van der Waals surface area contributed by atoms with Gasteiger partial charge >= 0.3 is 0 Å². The number of hydrogen-bond acceptors (Lipinski definition) is 1. The predicted octanol–water partition coefficient (Wildman–Crippen LogP) is 4.06. The Bertz CT molecular complexity index is 144. The molecule has 0 aromatic heterocycles. The maximum Gasteiger partial charge on any atom is 0.00416 e. The minimum atomic E-state index is 1.08. The Morgan fingerprint density at radius 3 is 1.23 bits per heavy atom. The minimum Gasteiger partial charge on any atom is -0.332 e. The van der Waals surface area contributed by atoms with Gasteiger partial charge in [-0.1, -0.05) is 39.0 Å². The molecule has 0 aliphatic heterocycles. The molecule has 74 valence electrons. The molecule has 0 amide bonds. The van der Waals surface area contributed by atoms with E-state index in [0.29, 0.717) is 0 Å². The van der Waals surface area contributed by atoms with E-state index in [2.05, 4.69) is 62.5 Å². The van der Waals surface area contributed by atoms with Crippen LogP contribution in [0.1, 0.15) is 40.0 Å². The van der Waals surface area contributed by atoms with Crippen LogP contribution in [-0.2, 0) is 0 Å². The van der Waals surface area contributed by atoms with Gasteiger partial charge in [-0.15, -0.1) is 0 Å². The Labute approximate surface area is 82.4 Å².